The molecule has 0 aliphatic carbocycles. The molecule has 0 bridgehead atoms. The number of aromatic nitrogens is 1. The van der Waals surface area contributed by atoms with Gasteiger partial charge in [0, 0.05) is 11.9 Å². The summed E-state index contributed by atoms with van der Waals surface area (Å²) >= 11 is 5.09. The smallest absolute Gasteiger partial charge is 0.268 e. The Labute approximate surface area is 69.0 Å². The zero-order valence-electron chi connectivity index (χ0n) is 4.93. The Hall–Kier alpha value is -0.670. The van der Waals surface area contributed by atoms with Crippen molar-refractivity contribution >= 4 is 34.9 Å². The SMILES string of the molecule is Cl.Nc1c[nH]c(C(=O)Cl)c1. The van der Waals surface area contributed by atoms with Crippen LogP contribution in [0.2, 0.25) is 0 Å². The molecular weight excluding hydrogens is 175 g/mol. The van der Waals surface area contributed by atoms with Crippen molar-refractivity contribution in [1.29, 1.82) is 0 Å². The highest BCUT2D eigenvalue weighted by Gasteiger charge is 2.01. The van der Waals surface area contributed by atoms with Gasteiger partial charge in [-0.05, 0) is 17.7 Å². The number of rotatable bonds is 1. The van der Waals surface area contributed by atoms with Crippen molar-refractivity contribution in [3.8, 4) is 0 Å². The minimum Gasteiger partial charge on any atom is -0.397 e. The zero-order chi connectivity index (χ0) is 6.85. The minimum atomic E-state index is -0.522. The van der Waals surface area contributed by atoms with Crippen molar-refractivity contribution < 1.29 is 4.79 Å². The second kappa shape index (κ2) is 3.49. The van der Waals surface area contributed by atoms with E-state index in [1.54, 1.807) is 0 Å². The number of nitrogen functional groups attached to an aromatic ring is 1. The Morgan fingerprint density at radius 3 is 2.50 bits per heavy atom. The van der Waals surface area contributed by atoms with E-state index in [-0.39, 0.29) is 12.4 Å². The molecule has 0 fully saturated rings. The molecule has 0 atom stereocenters. The lowest BCUT2D eigenvalue weighted by atomic mass is 10.4. The lowest BCUT2D eigenvalue weighted by molar-refractivity contribution is 0.107. The summed E-state index contributed by atoms with van der Waals surface area (Å²) in [5, 5.41) is -0.522. The number of carbonyl (C=O) groups is 1. The van der Waals surface area contributed by atoms with E-state index in [0.29, 0.717) is 11.4 Å². The maximum atomic E-state index is 10.3. The van der Waals surface area contributed by atoms with E-state index in [0.717, 1.165) is 0 Å². The third kappa shape index (κ3) is 1.93. The average molecular weight is 181 g/mol. The molecule has 56 valence electrons. The first-order valence-electron chi connectivity index (χ1n) is 2.34. The predicted octanol–water partition coefficient (Wildman–Crippen LogP) is 1.40. The van der Waals surface area contributed by atoms with Gasteiger partial charge in [-0.1, -0.05) is 0 Å². The lowest BCUT2D eigenvalue weighted by Crippen LogP contribution is -1.85. The van der Waals surface area contributed by atoms with E-state index in [2.05, 4.69) is 4.98 Å². The van der Waals surface area contributed by atoms with Crippen molar-refractivity contribution in [1.82, 2.24) is 4.98 Å². The quantitative estimate of drug-likeness (QED) is 0.643. The summed E-state index contributed by atoms with van der Waals surface area (Å²) in [7, 11) is 0. The van der Waals surface area contributed by atoms with Crippen LogP contribution in [0.3, 0.4) is 0 Å². The molecule has 0 unspecified atom stereocenters. The molecule has 0 aromatic carbocycles. The summed E-state index contributed by atoms with van der Waals surface area (Å²) in [6, 6.07) is 1.48. The van der Waals surface area contributed by atoms with Gasteiger partial charge in [0.25, 0.3) is 5.24 Å². The number of hydrogen-bond acceptors (Lipinski definition) is 2. The molecule has 0 spiro atoms. The van der Waals surface area contributed by atoms with Gasteiger partial charge < -0.3 is 10.7 Å². The Balaban J connectivity index is 0.000000810. The zero-order valence-corrected chi connectivity index (χ0v) is 6.50. The van der Waals surface area contributed by atoms with Crippen LogP contribution in [-0.2, 0) is 0 Å². The molecule has 0 saturated heterocycles. The fourth-order valence-corrected chi connectivity index (χ4v) is 0.634. The fraction of sp³-hybridized carbons (Fsp3) is 0. The second-order valence-corrected chi connectivity index (χ2v) is 1.96. The van der Waals surface area contributed by atoms with Crippen LogP contribution in [0.5, 0.6) is 0 Å². The molecule has 1 rings (SSSR count). The summed E-state index contributed by atoms with van der Waals surface area (Å²) in [4.78, 5) is 12.9. The van der Waals surface area contributed by atoms with E-state index in [1.165, 1.54) is 12.3 Å². The summed E-state index contributed by atoms with van der Waals surface area (Å²) < 4.78 is 0. The molecular formula is C5H6Cl2N2O. The highest BCUT2D eigenvalue weighted by Crippen LogP contribution is 2.06. The van der Waals surface area contributed by atoms with Gasteiger partial charge in [0.15, 0.2) is 0 Å². The van der Waals surface area contributed by atoms with E-state index < -0.39 is 5.24 Å². The molecule has 1 aromatic rings. The largest absolute Gasteiger partial charge is 0.397 e. The third-order valence-electron chi connectivity index (χ3n) is 0.917. The van der Waals surface area contributed by atoms with E-state index >= 15 is 0 Å². The van der Waals surface area contributed by atoms with E-state index in [9.17, 15) is 4.79 Å². The Morgan fingerprint density at radius 1 is 1.70 bits per heavy atom. The van der Waals surface area contributed by atoms with Crippen LogP contribution in [0.4, 0.5) is 5.69 Å². The monoisotopic (exact) mass is 180 g/mol. The molecule has 0 radical (unpaired) electrons. The van der Waals surface area contributed by atoms with Gasteiger partial charge in [0.05, 0.1) is 0 Å². The first-order chi connectivity index (χ1) is 4.20. The fourth-order valence-electron chi connectivity index (χ4n) is 0.525. The molecule has 0 saturated carbocycles. The van der Waals surface area contributed by atoms with Crippen LogP contribution in [0.25, 0.3) is 0 Å². The lowest BCUT2D eigenvalue weighted by Gasteiger charge is -1.79. The topological polar surface area (TPSA) is 58.9 Å². The summed E-state index contributed by atoms with van der Waals surface area (Å²) in [6.45, 7) is 0. The standard InChI is InChI=1S/C5H5ClN2O.ClH/c6-5(9)4-1-3(7)2-8-4;/h1-2,8H,7H2;1H. The Kier molecular flexibility index (Phi) is 3.25. The Morgan fingerprint density at radius 2 is 2.30 bits per heavy atom. The number of anilines is 1. The van der Waals surface area contributed by atoms with Crippen LogP contribution < -0.4 is 5.73 Å². The van der Waals surface area contributed by atoms with E-state index in [4.69, 9.17) is 17.3 Å². The summed E-state index contributed by atoms with van der Waals surface area (Å²) in [5.41, 5.74) is 6.12. The first-order valence-corrected chi connectivity index (χ1v) is 2.71. The number of carbonyl (C=O) groups excluding carboxylic acids is 1. The molecule has 10 heavy (non-hydrogen) atoms. The molecule has 0 amide bonds. The molecule has 0 aliphatic heterocycles. The van der Waals surface area contributed by atoms with Crippen LogP contribution in [0.1, 0.15) is 10.5 Å². The first kappa shape index (κ1) is 9.33. The summed E-state index contributed by atoms with van der Waals surface area (Å²) in [6.07, 6.45) is 1.51. The van der Waals surface area contributed by atoms with Gasteiger partial charge in [-0.15, -0.1) is 12.4 Å². The van der Waals surface area contributed by atoms with Crippen molar-refractivity contribution in [3.05, 3.63) is 18.0 Å². The summed E-state index contributed by atoms with van der Waals surface area (Å²) in [5.74, 6) is 0. The third-order valence-corrected chi connectivity index (χ3v) is 1.12. The predicted molar refractivity (Wildman–Crippen MR) is 42.6 cm³/mol. The Bertz CT molecular complexity index is 233. The van der Waals surface area contributed by atoms with Gasteiger partial charge in [-0.25, -0.2) is 0 Å². The number of hydrogen-bond donors (Lipinski definition) is 2. The molecule has 0 aliphatic rings. The van der Waals surface area contributed by atoms with Gasteiger partial charge in [-0.3, -0.25) is 4.79 Å². The van der Waals surface area contributed by atoms with Crippen LogP contribution in [0, 0.1) is 0 Å². The number of nitrogens with two attached hydrogens (primary N) is 1. The highest BCUT2D eigenvalue weighted by molar-refractivity contribution is 6.67. The number of halogens is 2. The van der Waals surface area contributed by atoms with Crippen molar-refractivity contribution in [2.75, 3.05) is 5.73 Å². The molecule has 1 aromatic heterocycles. The molecule has 5 heteroatoms. The van der Waals surface area contributed by atoms with Gasteiger partial charge in [-0.2, -0.15) is 0 Å². The number of H-pyrrole nitrogens is 1. The van der Waals surface area contributed by atoms with E-state index in [1.807, 2.05) is 0 Å². The van der Waals surface area contributed by atoms with Gasteiger partial charge in [0.2, 0.25) is 0 Å². The second-order valence-electron chi connectivity index (χ2n) is 1.62. The maximum Gasteiger partial charge on any atom is 0.268 e. The highest BCUT2D eigenvalue weighted by atomic mass is 35.5. The normalized spacial score (nSPS) is 8.50. The van der Waals surface area contributed by atoms with Gasteiger partial charge >= 0.3 is 0 Å². The minimum absolute atomic E-state index is 0. The van der Waals surface area contributed by atoms with Crippen LogP contribution in [-0.4, -0.2) is 10.2 Å². The van der Waals surface area contributed by atoms with Crippen LogP contribution >= 0.6 is 24.0 Å². The molecule has 1 heterocycles. The van der Waals surface area contributed by atoms with Crippen molar-refractivity contribution in [2.24, 2.45) is 0 Å². The molecule has 3 nitrogen and oxygen atoms in total. The van der Waals surface area contributed by atoms with Crippen molar-refractivity contribution in [2.45, 2.75) is 0 Å². The number of aromatic amines is 1. The molecule has 3 N–H and O–H groups in total. The van der Waals surface area contributed by atoms with Gasteiger partial charge in [0.1, 0.15) is 5.69 Å². The number of nitrogens with one attached hydrogen (secondary N) is 1. The average Bonchev–Trinajstić information content (AvgIpc) is 2.14. The van der Waals surface area contributed by atoms with Crippen LogP contribution in [0.15, 0.2) is 12.3 Å². The maximum absolute atomic E-state index is 10.3. The van der Waals surface area contributed by atoms with Crippen molar-refractivity contribution in [3.63, 3.8) is 0 Å².